The lowest BCUT2D eigenvalue weighted by Gasteiger charge is -2.28. The van der Waals surface area contributed by atoms with Crippen LogP contribution in [0.2, 0.25) is 0 Å². The molecule has 4 aromatic rings. The summed E-state index contributed by atoms with van der Waals surface area (Å²) in [7, 11) is 1.91. The van der Waals surface area contributed by atoms with E-state index in [4.69, 9.17) is 4.98 Å². The third-order valence-corrected chi connectivity index (χ3v) is 6.38. The Bertz CT molecular complexity index is 1290. The molecule has 1 aliphatic carbocycles. The Labute approximate surface area is 168 Å². The Morgan fingerprint density at radius 1 is 1.24 bits per heavy atom. The molecule has 29 heavy (non-hydrogen) atoms. The maximum atomic E-state index is 13.7. The lowest BCUT2D eigenvalue weighted by molar-refractivity contribution is 0.0737. The molecule has 6 rings (SSSR count). The van der Waals surface area contributed by atoms with Crippen molar-refractivity contribution in [3.8, 4) is 0 Å². The quantitative estimate of drug-likeness (QED) is 0.570. The Balaban J connectivity index is 1.44. The second-order valence-electron chi connectivity index (χ2n) is 8.38. The molecule has 0 atom stereocenters. The topological polar surface area (TPSA) is 66.8 Å². The molecule has 3 aromatic heterocycles. The number of carbonyl (C=O) groups is 1. The van der Waals surface area contributed by atoms with Crippen LogP contribution in [0, 0.1) is 6.92 Å². The molecular formula is C23H23N5O. The second kappa shape index (κ2) is 5.92. The number of nitrogens with zero attached hydrogens (tertiary/aromatic N) is 4. The zero-order chi connectivity index (χ0) is 19.7. The van der Waals surface area contributed by atoms with Crippen LogP contribution in [0.25, 0.3) is 21.9 Å². The van der Waals surface area contributed by atoms with Crippen LogP contribution in [-0.2, 0) is 20.0 Å². The number of nitrogens with one attached hydrogen (secondary N) is 1. The van der Waals surface area contributed by atoms with E-state index in [9.17, 15) is 4.79 Å². The number of aromatic amines is 1. The third kappa shape index (κ3) is 2.51. The van der Waals surface area contributed by atoms with Crippen LogP contribution in [0.15, 0.2) is 30.3 Å². The minimum atomic E-state index is 0.0892. The van der Waals surface area contributed by atoms with Crippen LogP contribution in [0.5, 0.6) is 0 Å². The van der Waals surface area contributed by atoms with Crippen LogP contribution in [0.4, 0.5) is 0 Å². The van der Waals surface area contributed by atoms with Crippen molar-refractivity contribution in [3.05, 3.63) is 58.5 Å². The van der Waals surface area contributed by atoms with E-state index in [2.05, 4.69) is 28.3 Å². The summed E-state index contributed by atoms with van der Waals surface area (Å²) in [6, 6.07) is 10.4. The number of pyridine rings is 1. The molecule has 0 radical (unpaired) electrons. The second-order valence-corrected chi connectivity index (χ2v) is 8.38. The Morgan fingerprint density at radius 3 is 2.90 bits per heavy atom. The summed E-state index contributed by atoms with van der Waals surface area (Å²) in [4.78, 5) is 24.0. The number of rotatable bonds is 2. The molecule has 0 spiro atoms. The number of para-hydroxylation sites is 1. The SMILES string of the molecule is Cc1nn(C)c2nc(C3CC3)cc(C(=O)N3CCc4[nH]c5ccccc5c4C3)c12. The molecule has 146 valence electrons. The maximum Gasteiger partial charge on any atom is 0.255 e. The highest BCUT2D eigenvalue weighted by Gasteiger charge is 2.31. The van der Waals surface area contributed by atoms with Gasteiger partial charge in [0.25, 0.3) is 5.91 Å². The van der Waals surface area contributed by atoms with Gasteiger partial charge in [0.05, 0.1) is 16.6 Å². The predicted molar refractivity (Wildman–Crippen MR) is 112 cm³/mol. The van der Waals surface area contributed by atoms with Crippen LogP contribution < -0.4 is 0 Å². The van der Waals surface area contributed by atoms with Gasteiger partial charge >= 0.3 is 0 Å². The van der Waals surface area contributed by atoms with Crippen LogP contribution >= 0.6 is 0 Å². The zero-order valence-electron chi connectivity index (χ0n) is 16.7. The normalized spacial score (nSPS) is 16.6. The molecule has 1 aliphatic heterocycles. The van der Waals surface area contributed by atoms with Gasteiger partial charge in [0.1, 0.15) is 0 Å². The summed E-state index contributed by atoms with van der Waals surface area (Å²) in [5, 5.41) is 6.66. The Morgan fingerprint density at radius 2 is 2.07 bits per heavy atom. The minimum Gasteiger partial charge on any atom is -0.358 e. The number of aromatic nitrogens is 4. The van der Waals surface area contributed by atoms with Crippen molar-refractivity contribution in [2.24, 2.45) is 7.05 Å². The highest BCUT2D eigenvalue weighted by molar-refractivity contribution is 6.06. The molecule has 1 aromatic carbocycles. The number of benzene rings is 1. The average Bonchev–Trinajstić information content (AvgIpc) is 3.46. The number of amides is 1. The van der Waals surface area contributed by atoms with E-state index >= 15 is 0 Å². The molecule has 2 aliphatic rings. The molecule has 1 N–H and O–H groups in total. The molecule has 0 unspecified atom stereocenters. The monoisotopic (exact) mass is 385 g/mol. The van der Waals surface area contributed by atoms with E-state index in [1.54, 1.807) is 4.68 Å². The van der Waals surface area contributed by atoms with E-state index in [0.717, 1.165) is 59.3 Å². The maximum absolute atomic E-state index is 13.7. The first-order valence-electron chi connectivity index (χ1n) is 10.3. The lowest BCUT2D eigenvalue weighted by atomic mass is 10.0. The average molecular weight is 385 g/mol. The molecule has 4 heterocycles. The Hall–Kier alpha value is -3.15. The fourth-order valence-corrected chi connectivity index (χ4v) is 4.73. The van der Waals surface area contributed by atoms with E-state index < -0.39 is 0 Å². The van der Waals surface area contributed by atoms with Gasteiger partial charge in [0.2, 0.25) is 0 Å². The van der Waals surface area contributed by atoms with Gasteiger partial charge in [-0.15, -0.1) is 0 Å². The number of carbonyl (C=O) groups excluding carboxylic acids is 1. The van der Waals surface area contributed by atoms with Crippen molar-refractivity contribution in [2.45, 2.75) is 38.6 Å². The first-order chi connectivity index (χ1) is 14.1. The molecule has 0 saturated heterocycles. The van der Waals surface area contributed by atoms with Crippen molar-refractivity contribution in [2.75, 3.05) is 6.54 Å². The lowest BCUT2D eigenvalue weighted by Crippen LogP contribution is -2.36. The largest absolute Gasteiger partial charge is 0.358 e. The smallest absolute Gasteiger partial charge is 0.255 e. The van der Waals surface area contributed by atoms with Gasteiger partial charge in [-0.2, -0.15) is 5.10 Å². The van der Waals surface area contributed by atoms with Gasteiger partial charge in [0, 0.05) is 60.3 Å². The molecule has 1 fully saturated rings. The standard InChI is InChI=1S/C23H23N5O/c1-13-21-16(11-20(14-7-8-14)25-22(21)27(2)26-13)23(29)28-10-9-19-17(12-28)15-5-3-4-6-18(15)24-19/h3-6,11,14,24H,7-10,12H2,1-2H3. The van der Waals surface area contributed by atoms with E-state index in [1.807, 2.05) is 31.0 Å². The van der Waals surface area contributed by atoms with Crippen molar-refractivity contribution in [1.29, 1.82) is 0 Å². The molecule has 0 bridgehead atoms. The predicted octanol–water partition coefficient (Wildman–Crippen LogP) is 3.83. The van der Waals surface area contributed by atoms with E-state index in [1.165, 1.54) is 16.6 Å². The van der Waals surface area contributed by atoms with Gasteiger partial charge < -0.3 is 9.88 Å². The van der Waals surface area contributed by atoms with Crippen LogP contribution in [0.1, 0.15) is 51.8 Å². The number of fused-ring (bicyclic) bond motifs is 4. The van der Waals surface area contributed by atoms with Crippen LogP contribution in [-0.4, -0.2) is 37.1 Å². The van der Waals surface area contributed by atoms with E-state index in [-0.39, 0.29) is 5.91 Å². The van der Waals surface area contributed by atoms with Gasteiger partial charge in [-0.05, 0) is 31.9 Å². The molecule has 1 amide bonds. The summed E-state index contributed by atoms with van der Waals surface area (Å²) in [5.74, 6) is 0.578. The van der Waals surface area contributed by atoms with Crippen molar-refractivity contribution >= 4 is 27.8 Å². The van der Waals surface area contributed by atoms with Gasteiger partial charge in [-0.3, -0.25) is 9.48 Å². The van der Waals surface area contributed by atoms with Crippen molar-refractivity contribution < 1.29 is 4.79 Å². The summed E-state index contributed by atoms with van der Waals surface area (Å²) in [6.45, 7) is 3.33. The van der Waals surface area contributed by atoms with Crippen LogP contribution in [0.3, 0.4) is 0 Å². The summed E-state index contributed by atoms with van der Waals surface area (Å²) >= 11 is 0. The fourth-order valence-electron chi connectivity index (χ4n) is 4.73. The molecular weight excluding hydrogens is 362 g/mol. The minimum absolute atomic E-state index is 0.0892. The van der Waals surface area contributed by atoms with Crippen molar-refractivity contribution in [1.82, 2.24) is 24.6 Å². The third-order valence-electron chi connectivity index (χ3n) is 6.38. The fraction of sp³-hybridized carbons (Fsp3) is 0.348. The Kier molecular flexibility index (Phi) is 3.43. The molecule has 6 heteroatoms. The molecule has 6 nitrogen and oxygen atoms in total. The van der Waals surface area contributed by atoms with Gasteiger partial charge in [-0.1, -0.05) is 18.2 Å². The first-order valence-corrected chi connectivity index (χ1v) is 10.3. The highest BCUT2D eigenvalue weighted by Crippen LogP contribution is 2.41. The van der Waals surface area contributed by atoms with Gasteiger partial charge in [-0.25, -0.2) is 4.98 Å². The summed E-state index contributed by atoms with van der Waals surface area (Å²) < 4.78 is 1.81. The molecule has 1 saturated carbocycles. The number of aryl methyl sites for hydroxylation is 2. The zero-order valence-corrected chi connectivity index (χ0v) is 16.7. The van der Waals surface area contributed by atoms with E-state index in [0.29, 0.717) is 12.5 Å². The first kappa shape index (κ1) is 16.8. The summed E-state index contributed by atoms with van der Waals surface area (Å²) in [6.07, 6.45) is 3.17. The summed E-state index contributed by atoms with van der Waals surface area (Å²) in [5.41, 5.74) is 7.13. The highest BCUT2D eigenvalue weighted by atomic mass is 16.2. The number of H-pyrrole nitrogens is 1. The van der Waals surface area contributed by atoms with Crippen molar-refractivity contribution in [3.63, 3.8) is 0 Å². The number of hydrogen-bond acceptors (Lipinski definition) is 3. The van der Waals surface area contributed by atoms with Gasteiger partial charge in [0.15, 0.2) is 5.65 Å². The number of hydrogen-bond donors (Lipinski definition) is 1.